The van der Waals surface area contributed by atoms with E-state index < -0.39 is 5.25 Å². The molecule has 148 valence electrons. The Balaban J connectivity index is 2.16. The first-order valence-corrected chi connectivity index (χ1v) is 10.9. The van der Waals surface area contributed by atoms with E-state index in [2.05, 4.69) is 0 Å². The molecule has 28 heavy (non-hydrogen) atoms. The number of nitrogens with zero attached hydrogens (tertiary/aromatic N) is 2. The minimum absolute atomic E-state index is 0.0555. The van der Waals surface area contributed by atoms with E-state index >= 15 is 0 Å². The van der Waals surface area contributed by atoms with E-state index in [9.17, 15) is 9.59 Å². The maximum absolute atomic E-state index is 13.2. The number of rotatable bonds is 6. The molecule has 3 rings (SSSR count). The minimum atomic E-state index is -0.586. The highest BCUT2D eigenvalue weighted by Crippen LogP contribution is 2.37. The SMILES string of the molecule is CCOC(=O)[C@H](Sc1nc2sc(C)c(C)c2c(=O)n1C(C)C)c1ccccc1. The Morgan fingerprint density at radius 3 is 2.54 bits per heavy atom. The van der Waals surface area contributed by atoms with Crippen molar-refractivity contribution >= 4 is 39.3 Å². The fourth-order valence-corrected chi connectivity index (χ4v) is 5.33. The molecule has 0 bridgehead atoms. The van der Waals surface area contributed by atoms with Gasteiger partial charge < -0.3 is 4.74 Å². The number of benzene rings is 1. The second-order valence-corrected chi connectivity index (χ2v) is 9.06. The zero-order valence-corrected chi connectivity index (χ0v) is 18.3. The van der Waals surface area contributed by atoms with Crippen molar-refractivity contribution in [1.82, 2.24) is 9.55 Å². The van der Waals surface area contributed by atoms with Gasteiger partial charge in [0.1, 0.15) is 10.1 Å². The molecule has 0 spiro atoms. The van der Waals surface area contributed by atoms with Crippen LogP contribution in [-0.2, 0) is 9.53 Å². The average Bonchev–Trinajstić information content (AvgIpc) is 2.94. The first-order chi connectivity index (χ1) is 13.3. The number of ether oxygens (including phenoxy) is 1. The van der Waals surface area contributed by atoms with Gasteiger partial charge >= 0.3 is 5.97 Å². The summed E-state index contributed by atoms with van der Waals surface area (Å²) in [6, 6.07) is 9.39. The first kappa shape index (κ1) is 20.6. The van der Waals surface area contributed by atoms with Crippen LogP contribution in [0.2, 0.25) is 0 Å². The zero-order valence-electron chi connectivity index (χ0n) is 16.7. The Labute approximate surface area is 172 Å². The van der Waals surface area contributed by atoms with Crippen LogP contribution in [0.15, 0.2) is 40.3 Å². The van der Waals surface area contributed by atoms with Crippen molar-refractivity contribution < 1.29 is 9.53 Å². The smallest absolute Gasteiger partial charge is 0.324 e. The standard InChI is InChI=1S/C21H24N2O3S2/c1-6-26-20(25)17(15-10-8-7-9-11-15)28-21-22-18-16(13(4)14(5)27-18)19(24)23(21)12(2)3/h7-12,17H,6H2,1-5H3/t17-/m1/s1. The van der Waals surface area contributed by atoms with Crippen LogP contribution in [0.1, 0.15) is 48.1 Å². The van der Waals surface area contributed by atoms with E-state index in [1.165, 1.54) is 23.1 Å². The molecule has 2 aromatic heterocycles. The number of hydrogen-bond acceptors (Lipinski definition) is 6. The molecule has 3 aromatic rings. The van der Waals surface area contributed by atoms with Crippen LogP contribution in [0, 0.1) is 13.8 Å². The number of esters is 1. The summed E-state index contributed by atoms with van der Waals surface area (Å²) < 4.78 is 6.98. The van der Waals surface area contributed by atoms with Crippen molar-refractivity contribution in [3.05, 3.63) is 56.7 Å². The van der Waals surface area contributed by atoms with Gasteiger partial charge in [-0.15, -0.1) is 11.3 Å². The van der Waals surface area contributed by atoms with Gasteiger partial charge in [0, 0.05) is 10.9 Å². The largest absolute Gasteiger partial charge is 0.465 e. The lowest BCUT2D eigenvalue weighted by Crippen LogP contribution is -2.26. The maximum atomic E-state index is 13.2. The van der Waals surface area contributed by atoms with E-state index in [0.29, 0.717) is 17.1 Å². The molecule has 0 saturated carbocycles. The molecule has 0 aliphatic carbocycles. The molecule has 0 amide bonds. The molecule has 0 saturated heterocycles. The summed E-state index contributed by atoms with van der Waals surface area (Å²) in [7, 11) is 0. The maximum Gasteiger partial charge on any atom is 0.324 e. The lowest BCUT2D eigenvalue weighted by atomic mass is 10.1. The van der Waals surface area contributed by atoms with Crippen LogP contribution >= 0.6 is 23.1 Å². The minimum Gasteiger partial charge on any atom is -0.465 e. The molecule has 0 aliphatic rings. The number of thioether (sulfide) groups is 1. The van der Waals surface area contributed by atoms with Gasteiger partial charge in [0.25, 0.3) is 5.56 Å². The predicted molar refractivity (Wildman–Crippen MR) is 115 cm³/mol. The average molecular weight is 417 g/mol. The highest BCUT2D eigenvalue weighted by molar-refractivity contribution is 8.00. The van der Waals surface area contributed by atoms with E-state index in [-0.39, 0.29) is 17.6 Å². The molecule has 7 heteroatoms. The molecule has 5 nitrogen and oxygen atoms in total. The third kappa shape index (κ3) is 3.86. The van der Waals surface area contributed by atoms with Crippen LogP contribution in [0.4, 0.5) is 0 Å². The van der Waals surface area contributed by atoms with Gasteiger partial charge in [0.15, 0.2) is 5.16 Å². The molecule has 0 radical (unpaired) electrons. The third-order valence-corrected chi connectivity index (χ3v) is 6.85. The molecule has 1 aromatic carbocycles. The predicted octanol–water partition coefficient (Wildman–Crippen LogP) is 5.05. The van der Waals surface area contributed by atoms with Crippen molar-refractivity contribution in [3.8, 4) is 0 Å². The first-order valence-electron chi connectivity index (χ1n) is 9.25. The summed E-state index contributed by atoms with van der Waals surface area (Å²) in [4.78, 5) is 32.5. The van der Waals surface area contributed by atoms with Crippen molar-refractivity contribution in [2.45, 2.75) is 51.1 Å². The number of thiophene rings is 1. The number of aryl methyl sites for hydroxylation is 2. The Morgan fingerprint density at radius 1 is 1.25 bits per heavy atom. The quantitative estimate of drug-likeness (QED) is 0.320. The van der Waals surface area contributed by atoms with E-state index in [1.807, 2.05) is 58.0 Å². The molecule has 0 fully saturated rings. The second-order valence-electron chi connectivity index (χ2n) is 6.79. The highest BCUT2D eigenvalue weighted by atomic mass is 32.2. The van der Waals surface area contributed by atoms with Gasteiger partial charge in [-0.2, -0.15) is 0 Å². The fraction of sp³-hybridized carbons (Fsp3) is 0.381. The van der Waals surface area contributed by atoms with Gasteiger partial charge in [0.05, 0.1) is 12.0 Å². The van der Waals surface area contributed by atoms with Crippen molar-refractivity contribution in [1.29, 1.82) is 0 Å². The lowest BCUT2D eigenvalue weighted by Gasteiger charge is -2.20. The van der Waals surface area contributed by atoms with E-state index in [1.54, 1.807) is 11.5 Å². The van der Waals surface area contributed by atoms with Crippen LogP contribution in [0.25, 0.3) is 10.2 Å². The molecular weight excluding hydrogens is 392 g/mol. The summed E-state index contributed by atoms with van der Waals surface area (Å²) in [5.41, 5.74) is 1.75. The normalized spacial score (nSPS) is 12.5. The van der Waals surface area contributed by atoms with Crippen molar-refractivity contribution in [2.24, 2.45) is 0 Å². The summed E-state index contributed by atoms with van der Waals surface area (Å²) in [5, 5.41) is 0.626. The summed E-state index contributed by atoms with van der Waals surface area (Å²) in [6.45, 7) is 9.95. The lowest BCUT2D eigenvalue weighted by molar-refractivity contribution is -0.142. The topological polar surface area (TPSA) is 61.2 Å². The van der Waals surface area contributed by atoms with Gasteiger partial charge in [0.2, 0.25) is 0 Å². The molecule has 2 heterocycles. The third-order valence-electron chi connectivity index (χ3n) is 4.55. The molecule has 0 aliphatic heterocycles. The summed E-state index contributed by atoms with van der Waals surface area (Å²) in [6.07, 6.45) is 0. The Morgan fingerprint density at radius 2 is 1.93 bits per heavy atom. The van der Waals surface area contributed by atoms with E-state index in [4.69, 9.17) is 9.72 Å². The monoisotopic (exact) mass is 416 g/mol. The number of aromatic nitrogens is 2. The molecule has 0 unspecified atom stereocenters. The highest BCUT2D eigenvalue weighted by Gasteiger charge is 2.27. The Kier molecular flexibility index (Phi) is 6.25. The van der Waals surface area contributed by atoms with Crippen LogP contribution in [0.3, 0.4) is 0 Å². The summed E-state index contributed by atoms with van der Waals surface area (Å²) >= 11 is 2.79. The molecule has 0 N–H and O–H groups in total. The van der Waals surface area contributed by atoms with Gasteiger partial charge in [-0.1, -0.05) is 42.1 Å². The van der Waals surface area contributed by atoms with Gasteiger partial charge in [-0.3, -0.25) is 14.2 Å². The zero-order chi connectivity index (χ0) is 20.4. The van der Waals surface area contributed by atoms with Gasteiger partial charge in [-0.05, 0) is 45.7 Å². The molecule has 1 atom stereocenters. The van der Waals surface area contributed by atoms with Crippen molar-refractivity contribution in [2.75, 3.05) is 6.61 Å². The number of fused-ring (bicyclic) bond motifs is 1. The number of hydrogen-bond donors (Lipinski definition) is 0. The fourth-order valence-electron chi connectivity index (χ4n) is 3.03. The van der Waals surface area contributed by atoms with Crippen molar-refractivity contribution in [3.63, 3.8) is 0 Å². The van der Waals surface area contributed by atoms with Crippen LogP contribution in [-0.4, -0.2) is 22.1 Å². The van der Waals surface area contributed by atoms with Gasteiger partial charge in [-0.25, -0.2) is 4.98 Å². The van der Waals surface area contributed by atoms with Crippen LogP contribution in [0.5, 0.6) is 0 Å². The van der Waals surface area contributed by atoms with E-state index in [0.717, 1.165) is 20.8 Å². The Bertz CT molecular complexity index is 1050. The second kappa shape index (κ2) is 8.49. The van der Waals surface area contributed by atoms with Crippen LogP contribution < -0.4 is 5.56 Å². The number of carbonyl (C=O) groups is 1. The molecular formula is C21H24N2O3S2. The number of carbonyl (C=O) groups excluding carboxylic acids is 1. The Hall–Kier alpha value is -2.12. The summed E-state index contributed by atoms with van der Waals surface area (Å²) in [5.74, 6) is -0.332.